The van der Waals surface area contributed by atoms with Gasteiger partial charge in [0, 0.05) is 23.4 Å². The van der Waals surface area contributed by atoms with Crippen LogP contribution in [0.2, 0.25) is 5.02 Å². The molecule has 0 bridgehead atoms. The molecule has 0 saturated carbocycles. The van der Waals surface area contributed by atoms with Gasteiger partial charge in [-0.05, 0) is 18.6 Å². The number of rotatable bonds is 7. The molecule has 128 valence electrons. The second-order valence-electron chi connectivity index (χ2n) is 4.77. The zero-order valence-electron chi connectivity index (χ0n) is 12.2. The third kappa shape index (κ3) is 5.47. The van der Waals surface area contributed by atoms with E-state index in [1.165, 1.54) is 13.2 Å². The second-order valence-corrected chi connectivity index (χ2v) is 6.60. The van der Waals surface area contributed by atoms with Crippen LogP contribution in [0.3, 0.4) is 0 Å². The highest BCUT2D eigenvalue weighted by Crippen LogP contribution is 2.31. The number of ketones is 1. The standard InChI is InChI=1S/C13H16ClNO7S/c1-22-13(18)10(15)3-2-9(16)5-7-4-8(14)6-11(12(7)17)23(19,20)21/h4,6,10,17H,2-3,5,15H2,1H3,(H,19,20,21)/t10-/m0/s1. The molecule has 0 amide bonds. The van der Waals surface area contributed by atoms with Gasteiger partial charge in [-0.3, -0.25) is 14.1 Å². The summed E-state index contributed by atoms with van der Waals surface area (Å²) in [4.78, 5) is 22.2. The topological polar surface area (TPSA) is 144 Å². The van der Waals surface area contributed by atoms with E-state index < -0.39 is 38.6 Å². The number of halogens is 1. The Morgan fingerprint density at radius 1 is 1.39 bits per heavy atom. The zero-order valence-corrected chi connectivity index (χ0v) is 13.7. The van der Waals surface area contributed by atoms with Crippen LogP contribution in [0.15, 0.2) is 17.0 Å². The maximum Gasteiger partial charge on any atom is 0.322 e. The lowest BCUT2D eigenvalue weighted by molar-refractivity contribution is -0.142. The molecule has 4 N–H and O–H groups in total. The summed E-state index contributed by atoms with van der Waals surface area (Å²) in [6.07, 6.45) is -0.371. The molecule has 0 fully saturated rings. The van der Waals surface area contributed by atoms with Gasteiger partial charge in [0.05, 0.1) is 7.11 Å². The van der Waals surface area contributed by atoms with Crippen LogP contribution in [0.1, 0.15) is 18.4 Å². The molecule has 0 unspecified atom stereocenters. The highest BCUT2D eigenvalue weighted by atomic mass is 35.5. The summed E-state index contributed by atoms with van der Waals surface area (Å²) in [6, 6.07) is 1.13. The maximum atomic E-state index is 11.9. The molecule has 0 saturated heterocycles. The van der Waals surface area contributed by atoms with E-state index in [4.69, 9.17) is 21.9 Å². The van der Waals surface area contributed by atoms with Gasteiger partial charge in [0.25, 0.3) is 10.1 Å². The summed E-state index contributed by atoms with van der Waals surface area (Å²) in [7, 11) is -3.51. The van der Waals surface area contributed by atoms with E-state index in [1.807, 2.05) is 0 Å². The average Bonchev–Trinajstić information content (AvgIpc) is 2.46. The van der Waals surface area contributed by atoms with Gasteiger partial charge < -0.3 is 15.6 Å². The van der Waals surface area contributed by atoms with Crippen molar-refractivity contribution in [3.05, 3.63) is 22.7 Å². The van der Waals surface area contributed by atoms with Crippen molar-refractivity contribution < 1.29 is 32.4 Å². The van der Waals surface area contributed by atoms with Crippen LogP contribution < -0.4 is 5.73 Å². The van der Waals surface area contributed by atoms with E-state index in [0.717, 1.165) is 6.07 Å². The van der Waals surface area contributed by atoms with Crippen LogP contribution >= 0.6 is 11.6 Å². The number of methoxy groups -OCH3 is 1. The molecule has 1 aromatic carbocycles. The average molecular weight is 366 g/mol. The van der Waals surface area contributed by atoms with Crippen molar-refractivity contribution in [3.63, 3.8) is 0 Å². The van der Waals surface area contributed by atoms with Gasteiger partial charge in [-0.1, -0.05) is 11.6 Å². The monoisotopic (exact) mass is 365 g/mol. The minimum Gasteiger partial charge on any atom is -0.506 e. The van der Waals surface area contributed by atoms with Gasteiger partial charge >= 0.3 is 5.97 Å². The molecular weight excluding hydrogens is 350 g/mol. The highest BCUT2D eigenvalue weighted by Gasteiger charge is 2.21. The molecule has 0 aliphatic rings. The van der Waals surface area contributed by atoms with Gasteiger partial charge in [-0.15, -0.1) is 0 Å². The molecule has 23 heavy (non-hydrogen) atoms. The number of hydrogen-bond donors (Lipinski definition) is 3. The summed E-state index contributed by atoms with van der Waals surface area (Å²) >= 11 is 5.72. The highest BCUT2D eigenvalue weighted by molar-refractivity contribution is 7.86. The van der Waals surface area contributed by atoms with Crippen molar-refractivity contribution in [2.75, 3.05) is 7.11 Å². The van der Waals surface area contributed by atoms with Gasteiger partial charge in [-0.25, -0.2) is 0 Å². The van der Waals surface area contributed by atoms with Crippen molar-refractivity contribution in [1.82, 2.24) is 0 Å². The number of esters is 1. The Labute approximate surface area is 137 Å². The molecule has 0 aromatic heterocycles. The quantitative estimate of drug-likeness (QED) is 0.472. The van der Waals surface area contributed by atoms with E-state index in [2.05, 4.69) is 4.74 Å². The first kappa shape index (κ1) is 19.4. The number of benzene rings is 1. The molecular formula is C13H16ClNO7S. The van der Waals surface area contributed by atoms with Crippen LogP contribution in [0, 0.1) is 0 Å². The number of aromatic hydroxyl groups is 1. The fourth-order valence-electron chi connectivity index (χ4n) is 1.85. The number of phenols is 1. The molecule has 10 heteroatoms. The lowest BCUT2D eigenvalue weighted by Crippen LogP contribution is -2.32. The third-order valence-electron chi connectivity index (χ3n) is 3.02. The van der Waals surface area contributed by atoms with Crippen molar-refractivity contribution in [1.29, 1.82) is 0 Å². The first-order valence-electron chi connectivity index (χ1n) is 6.40. The molecule has 0 radical (unpaired) electrons. The Hall–Kier alpha value is -1.68. The third-order valence-corrected chi connectivity index (χ3v) is 4.11. The minimum absolute atomic E-state index is 0.0397. The first-order chi connectivity index (χ1) is 10.6. The van der Waals surface area contributed by atoms with E-state index in [1.54, 1.807) is 0 Å². The zero-order chi connectivity index (χ0) is 17.8. The number of ether oxygens (including phenoxy) is 1. The van der Waals surface area contributed by atoms with Crippen molar-refractivity contribution in [3.8, 4) is 5.75 Å². The SMILES string of the molecule is COC(=O)[C@@H](N)CCC(=O)Cc1cc(Cl)cc(S(=O)(=O)O)c1O. The summed E-state index contributed by atoms with van der Waals surface area (Å²) in [5, 5.41) is 9.79. The van der Waals surface area contributed by atoms with E-state index in [-0.39, 0.29) is 29.8 Å². The predicted octanol–water partition coefficient (Wildman–Crippen LogP) is 0.684. The Balaban J connectivity index is 2.87. The van der Waals surface area contributed by atoms with Gasteiger partial charge in [0.1, 0.15) is 22.5 Å². The fourth-order valence-corrected chi connectivity index (χ4v) is 2.80. The van der Waals surface area contributed by atoms with Crippen molar-refractivity contribution >= 4 is 33.5 Å². The number of hydrogen-bond acceptors (Lipinski definition) is 7. The Kier molecular flexibility index (Phi) is 6.51. The van der Waals surface area contributed by atoms with E-state index in [9.17, 15) is 23.1 Å². The van der Waals surface area contributed by atoms with Crippen LogP contribution in [-0.2, 0) is 30.9 Å². The van der Waals surface area contributed by atoms with E-state index >= 15 is 0 Å². The van der Waals surface area contributed by atoms with Gasteiger partial charge in [0.2, 0.25) is 0 Å². The predicted molar refractivity (Wildman–Crippen MR) is 80.9 cm³/mol. The minimum atomic E-state index is -4.68. The number of Topliss-reactive ketones (excluding diaryl/α,β-unsaturated/α-hetero) is 1. The second kappa shape index (κ2) is 7.73. The van der Waals surface area contributed by atoms with Gasteiger partial charge in [-0.2, -0.15) is 8.42 Å². The van der Waals surface area contributed by atoms with Crippen molar-refractivity contribution in [2.24, 2.45) is 5.73 Å². The molecule has 1 atom stereocenters. The lowest BCUT2D eigenvalue weighted by Gasteiger charge is -2.10. The number of phenolic OH excluding ortho intramolecular Hbond substituents is 1. The molecule has 8 nitrogen and oxygen atoms in total. The first-order valence-corrected chi connectivity index (χ1v) is 8.22. The molecule has 1 rings (SSSR count). The molecule has 0 heterocycles. The van der Waals surface area contributed by atoms with E-state index in [0.29, 0.717) is 0 Å². The lowest BCUT2D eigenvalue weighted by atomic mass is 10.0. The normalized spacial score (nSPS) is 12.7. The van der Waals surface area contributed by atoms with Crippen LogP contribution in [0.5, 0.6) is 5.75 Å². The van der Waals surface area contributed by atoms with Crippen molar-refractivity contribution in [2.45, 2.75) is 30.2 Å². The number of nitrogens with two attached hydrogens (primary N) is 1. The summed E-state index contributed by atoms with van der Waals surface area (Å²) < 4.78 is 35.7. The number of carbonyl (C=O) groups is 2. The Morgan fingerprint density at radius 2 is 2.00 bits per heavy atom. The fraction of sp³-hybridized carbons (Fsp3) is 0.385. The summed E-state index contributed by atoms with van der Waals surface area (Å²) in [6.45, 7) is 0. The molecule has 0 spiro atoms. The van der Waals surface area contributed by atoms with Crippen LogP contribution in [-0.4, -0.2) is 43.0 Å². The van der Waals surface area contributed by atoms with Crippen LogP contribution in [0.4, 0.5) is 0 Å². The summed E-state index contributed by atoms with van der Waals surface area (Å²) in [5.74, 6) is -1.80. The number of carbonyl (C=O) groups excluding carboxylic acids is 2. The molecule has 0 aliphatic carbocycles. The smallest absolute Gasteiger partial charge is 0.322 e. The largest absolute Gasteiger partial charge is 0.506 e. The van der Waals surface area contributed by atoms with Gasteiger partial charge in [0.15, 0.2) is 0 Å². The summed E-state index contributed by atoms with van der Waals surface area (Å²) in [5.41, 5.74) is 5.44. The Morgan fingerprint density at radius 3 is 2.52 bits per heavy atom. The Bertz CT molecular complexity index is 717. The molecule has 1 aromatic rings. The maximum absolute atomic E-state index is 11.9. The van der Waals surface area contributed by atoms with Crippen LogP contribution in [0.25, 0.3) is 0 Å². The molecule has 0 aliphatic heterocycles.